The third-order valence-electron chi connectivity index (χ3n) is 2.42. The number of rotatable bonds is 1. The van der Waals surface area contributed by atoms with E-state index in [-0.39, 0.29) is 18.1 Å². The predicted octanol–water partition coefficient (Wildman–Crippen LogP) is 0.639. The molecule has 2 rings (SSSR count). The number of carbonyl (C=O) groups is 1. The Morgan fingerprint density at radius 3 is 2.60 bits per heavy atom. The summed E-state index contributed by atoms with van der Waals surface area (Å²) >= 11 is 0. The maximum atomic E-state index is 10.5. The van der Waals surface area contributed by atoms with Crippen molar-refractivity contribution in [2.24, 2.45) is 5.92 Å². The van der Waals surface area contributed by atoms with Crippen LogP contribution in [0.3, 0.4) is 0 Å². The topological polar surface area (TPSA) is 46.5 Å². The Hall–Kier alpha value is -0.570. The van der Waals surface area contributed by atoms with Crippen LogP contribution in [0.1, 0.15) is 19.3 Å². The summed E-state index contributed by atoms with van der Waals surface area (Å²) in [4.78, 5) is 10.5. The molecular formula is C7H10O3. The van der Waals surface area contributed by atoms with Crippen LogP contribution in [0.5, 0.6) is 0 Å². The van der Waals surface area contributed by atoms with Crippen LogP contribution in [0.25, 0.3) is 0 Å². The Morgan fingerprint density at radius 1 is 1.50 bits per heavy atom. The second-order valence-electron chi connectivity index (χ2n) is 3.05. The third-order valence-corrected chi connectivity index (χ3v) is 2.42. The molecule has 0 aromatic rings. The van der Waals surface area contributed by atoms with E-state index < -0.39 is 5.97 Å². The summed E-state index contributed by atoms with van der Waals surface area (Å²) < 4.78 is 5.37. The van der Waals surface area contributed by atoms with E-state index in [1.54, 1.807) is 0 Å². The van der Waals surface area contributed by atoms with E-state index in [4.69, 9.17) is 9.84 Å². The number of fused-ring (bicyclic) bond motifs is 2. The van der Waals surface area contributed by atoms with Crippen molar-refractivity contribution in [1.82, 2.24) is 0 Å². The monoisotopic (exact) mass is 142 g/mol. The lowest BCUT2D eigenvalue weighted by Gasteiger charge is -2.12. The van der Waals surface area contributed by atoms with Gasteiger partial charge in [0.15, 0.2) is 0 Å². The minimum absolute atomic E-state index is 0.0301. The van der Waals surface area contributed by atoms with Crippen LogP contribution in [0, 0.1) is 5.92 Å². The van der Waals surface area contributed by atoms with Gasteiger partial charge in [-0.15, -0.1) is 0 Å². The first-order chi connectivity index (χ1) is 4.77. The zero-order valence-electron chi connectivity index (χ0n) is 5.62. The molecule has 1 N–H and O–H groups in total. The summed E-state index contributed by atoms with van der Waals surface area (Å²) in [5.41, 5.74) is 0. The van der Waals surface area contributed by atoms with E-state index in [0.717, 1.165) is 19.3 Å². The van der Waals surface area contributed by atoms with Crippen LogP contribution in [0.15, 0.2) is 0 Å². The van der Waals surface area contributed by atoms with Crippen molar-refractivity contribution in [2.75, 3.05) is 0 Å². The summed E-state index contributed by atoms with van der Waals surface area (Å²) in [6.07, 6.45) is 3.03. The van der Waals surface area contributed by atoms with Crippen molar-refractivity contribution < 1.29 is 14.6 Å². The summed E-state index contributed by atoms with van der Waals surface area (Å²) in [5.74, 6) is -0.897. The molecule has 3 heteroatoms. The van der Waals surface area contributed by atoms with E-state index in [1.807, 2.05) is 0 Å². The van der Waals surface area contributed by atoms with Gasteiger partial charge in [-0.1, -0.05) is 0 Å². The van der Waals surface area contributed by atoms with E-state index in [9.17, 15) is 4.79 Å². The Labute approximate surface area is 59.0 Å². The number of carboxylic acids is 1. The molecule has 2 saturated heterocycles. The minimum atomic E-state index is -0.688. The van der Waals surface area contributed by atoms with Gasteiger partial charge in [-0.2, -0.15) is 0 Å². The Morgan fingerprint density at radius 2 is 2.30 bits per heavy atom. The highest BCUT2D eigenvalue weighted by molar-refractivity contribution is 5.71. The Bertz CT molecular complexity index is 166. The molecular weight excluding hydrogens is 132 g/mol. The molecule has 0 radical (unpaired) electrons. The highest BCUT2D eigenvalue weighted by Gasteiger charge is 2.44. The molecule has 0 aromatic heterocycles. The van der Waals surface area contributed by atoms with Gasteiger partial charge in [0.2, 0.25) is 0 Å². The van der Waals surface area contributed by atoms with E-state index in [2.05, 4.69) is 0 Å². The van der Waals surface area contributed by atoms with Crippen LogP contribution in [0.4, 0.5) is 0 Å². The van der Waals surface area contributed by atoms with Crippen molar-refractivity contribution >= 4 is 5.97 Å². The second-order valence-corrected chi connectivity index (χ2v) is 3.05. The first-order valence-corrected chi connectivity index (χ1v) is 3.65. The van der Waals surface area contributed by atoms with Gasteiger partial charge >= 0.3 is 5.97 Å². The maximum Gasteiger partial charge on any atom is 0.309 e. The van der Waals surface area contributed by atoms with Crippen LogP contribution in [0.2, 0.25) is 0 Å². The van der Waals surface area contributed by atoms with Crippen LogP contribution in [-0.2, 0) is 9.53 Å². The van der Waals surface area contributed by atoms with E-state index >= 15 is 0 Å². The first kappa shape index (κ1) is 6.16. The van der Waals surface area contributed by atoms with Crippen molar-refractivity contribution in [3.8, 4) is 0 Å². The summed E-state index contributed by atoms with van der Waals surface area (Å²) in [7, 11) is 0. The zero-order chi connectivity index (χ0) is 7.14. The van der Waals surface area contributed by atoms with Crippen molar-refractivity contribution in [3.05, 3.63) is 0 Å². The lowest BCUT2D eigenvalue weighted by atomic mass is 9.89. The van der Waals surface area contributed by atoms with Gasteiger partial charge in [0.05, 0.1) is 18.1 Å². The van der Waals surface area contributed by atoms with Gasteiger partial charge in [-0.3, -0.25) is 4.79 Å². The Balaban J connectivity index is 2.08. The molecule has 2 heterocycles. The van der Waals surface area contributed by atoms with Gasteiger partial charge in [0.25, 0.3) is 0 Å². The number of aliphatic carboxylic acids is 1. The van der Waals surface area contributed by atoms with Gasteiger partial charge < -0.3 is 9.84 Å². The fourth-order valence-electron chi connectivity index (χ4n) is 1.90. The van der Waals surface area contributed by atoms with E-state index in [0.29, 0.717) is 0 Å². The van der Waals surface area contributed by atoms with Gasteiger partial charge in [-0.05, 0) is 19.3 Å². The number of hydrogen-bond acceptors (Lipinski definition) is 2. The smallest absolute Gasteiger partial charge is 0.309 e. The Kier molecular flexibility index (Phi) is 1.20. The molecule has 3 nitrogen and oxygen atoms in total. The fourth-order valence-corrected chi connectivity index (χ4v) is 1.90. The molecule has 56 valence electrons. The lowest BCUT2D eigenvalue weighted by Crippen LogP contribution is -2.24. The molecule has 2 aliphatic heterocycles. The molecule has 0 aromatic carbocycles. The van der Waals surface area contributed by atoms with Crippen LogP contribution >= 0.6 is 0 Å². The quantitative estimate of drug-likeness (QED) is 0.584. The predicted molar refractivity (Wildman–Crippen MR) is 33.6 cm³/mol. The highest BCUT2D eigenvalue weighted by Crippen LogP contribution is 2.38. The zero-order valence-corrected chi connectivity index (χ0v) is 5.62. The van der Waals surface area contributed by atoms with E-state index in [1.165, 1.54) is 0 Å². The van der Waals surface area contributed by atoms with Crippen LogP contribution < -0.4 is 0 Å². The molecule has 10 heavy (non-hydrogen) atoms. The fraction of sp³-hybridized carbons (Fsp3) is 0.857. The molecule has 0 saturated carbocycles. The molecule has 3 atom stereocenters. The first-order valence-electron chi connectivity index (χ1n) is 3.65. The molecule has 1 unspecified atom stereocenters. The van der Waals surface area contributed by atoms with Gasteiger partial charge in [-0.25, -0.2) is 0 Å². The number of hydrogen-bond donors (Lipinski definition) is 1. The summed E-state index contributed by atoms with van der Waals surface area (Å²) in [5, 5.41) is 8.66. The van der Waals surface area contributed by atoms with Crippen molar-refractivity contribution in [1.29, 1.82) is 0 Å². The number of ether oxygens (including phenoxy) is 1. The van der Waals surface area contributed by atoms with Gasteiger partial charge in [0, 0.05) is 0 Å². The van der Waals surface area contributed by atoms with Crippen LogP contribution in [-0.4, -0.2) is 23.3 Å². The van der Waals surface area contributed by atoms with Crippen molar-refractivity contribution in [3.63, 3.8) is 0 Å². The summed E-state index contributed by atoms with van der Waals surface area (Å²) in [6.45, 7) is 0. The average molecular weight is 142 g/mol. The van der Waals surface area contributed by atoms with Crippen molar-refractivity contribution in [2.45, 2.75) is 31.5 Å². The third kappa shape index (κ3) is 0.736. The normalized spacial score (nSPS) is 44.2. The maximum absolute atomic E-state index is 10.5. The molecule has 2 fully saturated rings. The highest BCUT2D eigenvalue weighted by atomic mass is 16.5. The molecule has 0 aliphatic carbocycles. The SMILES string of the molecule is O=C(O)C1C[C@H]2CC[C@@H]1O2. The molecule has 2 aliphatic rings. The average Bonchev–Trinajstić information content (AvgIpc) is 2.44. The second kappa shape index (κ2) is 1.95. The summed E-state index contributed by atoms with van der Waals surface area (Å²) in [6, 6.07) is 0. The minimum Gasteiger partial charge on any atom is -0.481 e. The number of carboxylic acid groups (broad SMARTS) is 1. The molecule has 0 amide bonds. The largest absolute Gasteiger partial charge is 0.481 e. The molecule has 0 spiro atoms. The molecule has 2 bridgehead atoms. The lowest BCUT2D eigenvalue weighted by molar-refractivity contribution is -0.143. The van der Waals surface area contributed by atoms with Gasteiger partial charge in [0.1, 0.15) is 0 Å². The standard InChI is InChI=1S/C7H10O3/c8-7(9)5-3-4-1-2-6(5)10-4/h4-6H,1-3H2,(H,8,9)/t4-,5?,6+/m1/s1.